The van der Waals surface area contributed by atoms with Gasteiger partial charge >= 0.3 is 0 Å². The number of rotatable bonds is 7. The first kappa shape index (κ1) is 13.2. The van der Waals surface area contributed by atoms with Crippen LogP contribution in [-0.2, 0) is 6.54 Å². The molecule has 0 aliphatic heterocycles. The summed E-state index contributed by atoms with van der Waals surface area (Å²) in [4.78, 5) is 0. The molecule has 1 aromatic rings. The lowest BCUT2D eigenvalue weighted by Gasteiger charge is -2.28. The summed E-state index contributed by atoms with van der Waals surface area (Å²) in [6.45, 7) is 2.71. The molecule has 0 fully saturated rings. The van der Waals surface area contributed by atoms with Crippen molar-refractivity contribution in [2.45, 2.75) is 38.5 Å². The first-order chi connectivity index (χ1) is 7.70. The van der Waals surface area contributed by atoms with Crippen molar-refractivity contribution in [2.24, 2.45) is 0 Å². The van der Waals surface area contributed by atoms with Crippen molar-refractivity contribution in [3.05, 3.63) is 35.9 Å². The number of hydrogen-bond acceptors (Lipinski definition) is 3. The van der Waals surface area contributed by atoms with Crippen molar-refractivity contribution in [3.63, 3.8) is 0 Å². The smallest absolute Gasteiger partial charge is 0.116 e. The lowest BCUT2D eigenvalue weighted by atomic mass is 10.0. The minimum atomic E-state index is -0.863. The van der Waals surface area contributed by atoms with E-state index in [0.29, 0.717) is 25.8 Å². The standard InChI is InChI=1S/C13H21NO2/c1-2-13(16,9-6-10-15)14-11-12-7-4-3-5-8-12/h3-5,7-8,14-16H,2,6,9-11H2,1H3. The summed E-state index contributed by atoms with van der Waals surface area (Å²) in [5, 5.41) is 22.1. The van der Waals surface area contributed by atoms with Crippen LogP contribution in [0, 0.1) is 0 Å². The Hall–Kier alpha value is -0.900. The molecule has 0 radical (unpaired) electrons. The van der Waals surface area contributed by atoms with Gasteiger partial charge in [-0.25, -0.2) is 0 Å². The van der Waals surface area contributed by atoms with Crippen LogP contribution in [-0.4, -0.2) is 22.5 Å². The molecular formula is C13H21NO2. The SMILES string of the molecule is CCC(O)(CCCO)NCc1ccccc1. The third-order valence-corrected chi connectivity index (χ3v) is 2.80. The molecule has 0 heterocycles. The van der Waals surface area contributed by atoms with E-state index in [1.807, 2.05) is 37.3 Å². The molecule has 0 saturated carbocycles. The predicted octanol–water partition coefficient (Wildman–Crippen LogP) is 1.65. The molecule has 0 aromatic heterocycles. The van der Waals surface area contributed by atoms with E-state index >= 15 is 0 Å². The average Bonchev–Trinajstić information content (AvgIpc) is 2.35. The molecule has 3 N–H and O–H groups in total. The Morgan fingerprint density at radius 3 is 2.50 bits per heavy atom. The second kappa shape index (κ2) is 6.63. The van der Waals surface area contributed by atoms with E-state index in [1.165, 1.54) is 0 Å². The van der Waals surface area contributed by atoms with E-state index in [2.05, 4.69) is 5.32 Å². The Kier molecular flexibility index (Phi) is 5.46. The topological polar surface area (TPSA) is 52.5 Å². The monoisotopic (exact) mass is 223 g/mol. The Morgan fingerprint density at radius 2 is 1.94 bits per heavy atom. The molecule has 90 valence electrons. The maximum absolute atomic E-state index is 10.2. The van der Waals surface area contributed by atoms with Gasteiger partial charge < -0.3 is 10.2 Å². The number of nitrogens with one attached hydrogen (secondary N) is 1. The molecule has 1 rings (SSSR count). The molecule has 0 amide bonds. The van der Waals surface area contributed by atoms with E-state index in [9.17, 15) is 5.11 Å². The van der Waals surface area contributed by atoms with E-state index in [0.717, 1.165) is 5.56 Å². The van der Waals surface area contributed by atoms with Gasteiger partial charge in [-0.2, -0.15) is 0 Å². The Labute approximate surface area is 97.1 Å². The second-order valence-electron chi connectivity index (χ2n) is 4.05. The highest BCUT2D eigenvalue weighted by atomic mass is 16.3. The molecule has 16 heavy (non-hydrogen) atoms. The zero-order valence-electron chi connectivity index (χ0n) is 9.82. The van der Waals surface area contributed by atoms with Gasteiger partial charge in [0.15, 0.2) is 0 Å². The molecule has 3 nitrogen and oxygen atoms in total. The van der Waals surface area contributed by atoms with Gasteiger partial charge in [0.2, 0.25) is 0 Å². The lowest BCUT2D eigenvalue weighted by Crippen LogP contribution is -2.44. The summed E-state index contributed by atoms with van der Waals surface area (Å²) < 4.78 is 0. The maximum atomic E-state index is 10.2. The zero-order valence-corrected chi connectivity index (χ0v) is 9.82. The van der Waals surface area contributed by atoms with Crippen molar-refractivity contribution >= 4 is 0 Å². The summed E-state index contributed by atoms with van der Waals surface area (Å²) in [5.41, 5.74) is 0.289. The van der Waals surface area contributed by atoms with E-state index in [4.69, 9.17) is 5.11 Å². The van der Waals surface area contributed by atoms with E-state index in [1.54, 1.807) is 0 Å². The normalized spacial score (nSPS) is 14.7. The van der Waals surface area contributed by atoms with E-state index < -0.39 is 5.72 Å². The quantitative estimate of drug-likeness (QED) is 0.616. The van der Waals surface area contributed by atoms with Gasteiger partial charge in [0.25, 0.3) is 0 Å². The number of benzene rings is 1. The fourth-order valence-electron chi connectivity index (χ4n) is 1.62. The molecule has 1 aromatic carbocycles. The third-order valence-electron chi connectivity index (χ3n) is 2.80. The minimum absolute atomic E-state index is 0.120. The van der Waals surface area contributed by atoms with Crippen LogP contribution in [0.3, 0.4) is 0 Å². The Bertz CT molecular complexity index is 289. The molecule has 0 bridgehead atoms. The first-order valence-corrected chi connectivity index (χ1v) is 5.82. The van der Waals surface area contributed by atoms with Crippen LogP contribution >= 0.6 is 0 Å². The fourth-order valence-corrected chi connectivity index (χ4v) is 1.62. The van der Waals surface area contributed by atoms with Gasteiger partial charge in [-0.05, 0) is 24.8 Å². The maximum Gasteiger partial charge on any atom is 0.116 e. The van der Waals surface area contributed by atoms with Crippen molar-refractivity contribution in [3.8, 4) is 0 Å². The highest BCUT2D eigenvalue weighted by Crippen LogP contribution is 2.14. The number of aliphatic hydroxyl groups excluding tert-OH is 1. The molecular weight excluding hydrogens is 202 g/mol. The lowest BCUT2D eigenvalue weighted by molar-refractivity contribution is -0.0136. The van der Waals surface area contributed by atoms with Crippen LogP contribution in [0.25, 0.3) is 0 Å². The van der Waals surface area contributed by atoms with Gasteiger partial charge in [0.05, 0.1) is 0 Å². The Morgan fingerprint density at radius 1 is 1.25 bits per heavy atom. The number of aliphatic hydroxyl groups is 2. The van der Waals surface area contributed by atoms with Gasteiger partial charge in [-0.1, -0.05) is 37.3 Å². The Balaban J connectivity index is 2.44. The largest absolute Gasteiger partial charge is 0.396 e. The third kappa shape index (κ3) is 4.31. The zero-order chi connectivity index (χ0) is 11.9. The second-order valence-corrected chi connectivity index (χ2v) is 4.05. The van der Waals surface area contributed by atoms with E-state index in [-0.39, 0.29) is 6.61 Å². The summed E-state index contributed by atoms with van der Waals surface area (Å²) in [7, 11) is 0. The van der Waals surface area contributed by atoms with Crippen LogP contribution in [0.2, 0.25) is 0 Å². The molecule has 1 atom stereocenters. The van der Waals surface area contributed by atoms with Gasteiger partial charge in [-0.15, -0.1) is 0 Å². The number of hydrogen-bond donors (Lipinski definition) is 3. The van der Waals surface area contributed by atoms with Crippen LogP contribution < -0.4 is 5.32 Å². The highest BCUT2D eigenvalue weighted by Gasteiger charge is 2.22. The summed E-state index contributed by atoms with van der Waals surface area (Å²) in [6.07, 6.45) is 1.83. The van der Waals surface area contributed by atoms with Gasteiger partial charge in [0.1, 0.15) is 5.72 Å². The van der Waals surface area contributed by atoms with Crippen LogP contribution in [0.5, 0.6) is 0 Å². The first-order valence-electron chi connectivity index (χ1n) is 5.82. The molecule has 3 heteroatoms. The molecule has 1 unspecified atom stereocenters. The van der Waals surface area contributed by atoms with Crippen molar-refractivity contribution in [1.29, 1.82) is 0 Å². The fraction of sp³-hybridized carbons (Fsp3) is 0.538. The molecule has 0 saturated heterocycles. The predicted molar refractivity (Wildman–Crippen MR) is 64.8 cm³/mol. The molecule has 0 spiro atoms. The van der Waals surface area contributed by atoms with Crippen molar-refractivity contribution in [2.75, 3.05) is 6.61 Å². The van der Waals surface area contributed by atoms with Crippen LogP contribution in [0.1, 0.15) is 31.7 Å². The van der Waals surface area contributed by atoms with Crippen LogP contribution in [0.15, 0.2) is 30.3 Å². The van der Waals surface area contributed by atoms with Gasteiger partial charge in [-0.3, -0.25) is 5.32 Å². The average molecular weight is 223 g/mol. The van der Waals surface area contributed by atoms with Crippen LogP contribution in [0.4, 0.5) is 0 Å². The minimum Gasteiger partial charge on any atom is -0.396 e. The summed E-state index contributed by atoms with van der Waals surface area (Å²) in [5.74, 6) is 0. The summed E-state index contributed by atoms with van der Waals surface area (Å²) >= 11 is 0. The molecule has 0 aliphatic rings. The van der Waals surface area contributed by atoms with Crippen molar-refractivity contribution in [1.82, 2.24) is 5.32 Å². The highest BCUT2D eigenvalue weighted by molar-refractivity contribution is 5.14. The van der Waals surface area contributed by atoms with Crippen molar-refractivity contribution < 1.29 is 10.2 Å². The molecule has 0 aliphatic carbocycles. The summed E-state index contributed by atoms with van der Waals surface area (Å²) in [6, 6.07) is 9.98. The van der Waals surface area contributed by atoms with Gasteiger partial charge in [0, 0.05) is 13.2 Å².